The number of carbonyl (C=O) groups excluding carboxylic acids is 1. The molecule has 0 unspecified atom stereocenters. The lowest BCUT2D eigenvalue weighted by Gasteiger charge is -2.20. The van der Waals surface area contributed by atoms with E-state index in [-0.39, 0.29) is 0 Å². The van der Waals surface area contributed by atoms with Crippen molar-refractivity contribution in [2.75, 3.05) is 18.8 Å². The van der Waals surface area contributed by atoms with Crippen molar-refractivity contribution in [1.82, 2.24) is 4.90 Å². The summed E-state index contributed by atoms with van der Waals surface area (Å²) in [6, 6.07) is 8.21. The number of halogens is 1. The Labute approximate surface area is 128 Å². The van der Waals surface area contributed by atoms with E-state index in [9.17, 15) is 4.79 Å². The third-order valence-electron chi connectivity index (χ3n) is 3.40. The number of carbonyl (C=O) groups is 1. The second kappa shape index (κ2) is 7.95. The van der Waals surface area contributed by atoms with Gasteiger partial charge in [-0.2, -0.15) is 0 Å². The summed E-state index contributed by atoms with van der Waals surface area (Å²) < 4.78 is 1.13. The van der Waals surface area contributed by atoms with Crippen molar-refractivity contribution in [3.05, 3.63) is 34.3 Å². The van der Waals surface area contributed by atoms with Crippen molar-refractivity contribution in [3.63, 3.8) is 0 Å². The molecule has 0 N–H and O–H groups in total. The van der Waals surface area contributed by atoms with E-state index in [2.05, 4.69) is 22.0 Å². The fourth-order valence-electron chi connectivity index (χ4n) is 2.28. The van der Waals surface area contributed by atoms with Gasteiger partial charge < -0.3 is 4.90 Å². The first kappa shape index (κ1) is 14.9. The molecule has 19 heavy (non-hydrogen) atoms. The molecule has 104 valence electrons. The quantitative estimate of drug-likeness (QED) is 0.822. The van der Waals surface area contributed by atoms with Crippen LogP contribution in [0.1, 0.15) is 31.2 Å². The summed E-state index contributed by atoms with van der Waals surface area (Å²) >= 11 is 5.25. The van der Waals surface area contributed by atoms with Gasteiger partial charge in [-0.1, -0.05) is 47.0 Å². The minimum absolute atomic E-state index is 0.305. The van der Waals surface area contributed by atoms with Crippen LogP contribution in [-0.2, 0) is 10.5 Å². The van der Waals surface area contributed by atoms with Crippen LogP contribution in [0.2, 0.25) is 0 Å². The summed E-state index contributed by atoms with van der Waals surface area (Å²) in [5.74, 6) is 1.79. The number of amides is 1. The van der Waals surface area contributed by atoms with Crippen LogP contribution in [0.4, 0.5) is 0 Å². The largest absolute Gasteiger partial charge is 0.342 e. The predicted octanol–water partition coefficient (Wildman–Crippen LogP) is 4.08. The highest BCUT2D eigenvalue weighted by atomic mass is 79.9. The Morgan fingerprint density at radius 1 is 1.16 bits per heavy atom. The Kier molecular flexibility index (Phi) is 6.24. The average Bonchev–Trinajstić information content (AvgIpc) is 2.70. The second-order valence-electron chi connectivity index (χ2n) is 4.88. The third-order valence-corrected chi connectivity index (χ3v) is 5.14. The Morgan fingerprint density at radius 3 is 2.53 bits per heavy atom. The molecule has 0 saturated carbocycles. The smallest absolute Gasteiger partial charge is 0.232 e. The van der Waals surface area contributed by atoms with E-state index in [0.29, 0.717) is 11.7 Å². The molecule has 1 amide bonds. The first-order valence-electron chi connectivity index (χ1n) is 6.86. The first-order valence-corrected chi connectivity index (χ1v) is 8.81. The number of nitrogens with zero attached hydrogens (tertiary/aromatic N) is 1. The van der Waals surface area contributed by atoms with Crippen molar-refractivity contribution in [3.8, 4) is 0 Å². The lowest BCUT2D eigenvalue weighted by Crippen LogP contribution is -2.33. The third kappa shape index (κ3) is 4.84. The van der Waals surface area contributed by atoms with Crippen LogP contribution in [-0.4, -0.2) is 29.6 Å². The Hall–Kier alpha value is -0.480. The molecule has 0 bridgehead atoms. The van der Waals surface area contributed by atoms with Gasteiger partial charge in [-0.3, -0.25) is 4.79 Å². The van der Waals surface area contributed by atoms with Crippen LogP contribution in [0.25, 0.3) is 0 Å². The molecule has 0 aliphatic carbocycles. The monoisotopic (exact) mass is 341 g/mol. The van der Waals surface area contributed by atoms with E-state index in [1.807, 2.05) is 23.1 Å². The summed E-state index contributed by atoms with van der Waals surface area (Å²) in [5, 5.41) is 0. The van der Waals surface area contributed by atoms with Gasteiger partial charge in [-0.25, -0.2) is 0 Å². The number of likely N-dealkylation sites (tertiary alicyclic amines) is 1. The molecule has 0 aromatic heterocycles. The topological polar surface area (TPSA) is 20.3 Å². The molecule has 1 fully saturated rings. The molecule has 1 aromatic carbocycles. The Bertz CT molecular complexity index is 416. The molecular formula is C15H20BrNOS. The standard InChI is InChI=1S/C15H20BrNOS/c16-14-8-4-3-7-13(14)11-19-12-15(18)17-9-5-1-2-6-10-17/h3-4,7-8H,1-2,5-6,9-12H2. The van der Waals surface area contributed by atoms with Gasteiger partial charge in [-0.15, -0.1) is 11.8 Å². The molecule has 2 nitrogen and oxygen atoms in total. The number of benzene rings is 1. The molecule has 4 heteroatoms. The zero-order chi connectivity index (χ0) is 13.5. The molecule has 1 aromatic rings. The maximum atomic E-state index is 12.1. The van der Waals surface area contributed by atoms with E-state index in [1.54, 1.807) is 11.8 Å². The highest BCUT2D eigenvalue weighted by Gasteiger charge is 2.15. The van der Waals surface area contributed by atoms with Gasteiger partial charge >= 0.3 is 0 Å². The fourth-order valence-corrected chi connectivity index (χ4v) is 3.82. The minimum atomic E-state index is 0.305. The van der Waals surface area contributed by atoms with Crippen LogP contribution in [0.5, 0.6) is 0 Å². The van der Waals surface area contributed by atoms with Crippen molar-refractivity contribution >= 4 is 33.6 Å². The molecule has 0 spiro atoms. The summed E-state index contributed by atoms with van der Waals surface area (Å²) in [5.41, 5.74) is 1.26. The van der Waals surface area contributed by atoms with Gasteiger partial charge in [0.25, 0.3) is 0 Å². The van der Waals surface area contributed by atoms with Gasteiger partial charge in [0.2, 0.25) is 5.91 Å². The summed E-state index contributed by atoms with van der Waals surface area (Å²) in [6.07, 6.45) is 4.88. The lowest BCUT2D eigenvalue weighted by molar-refractivity contribution is -0.128. The average molecular weight is 342 g/mol. The van der Waals surface area contributed by atoms with Crippen LogP contribution >= 0.6 is 27.7 Å². The summed E-state index contributed by atoms with van der Waals surface area (Å²) in [4.78, 5) is 14.2. The minimum Gasteiger partial charge on any atom is -0.342 e. The van der Waals surface area contributed by atoms with E-state index in [1.165, 1.54) is 31.2 Å². The van der Waals surface area contributed by atoms with Gasteiger partial charge in [0.15, 0.2) is 0 Å². The fraction of sp³-hybridized carbons (Fsp3) is 0.533. The number of hydrogen-bond acceptors (Lipinski definition) is 2. The summed E-state index contributed by atoms with van der Waals surface area (Å²) in [6.45, 7) is 1.91. The molecule has 0 atom stereocenters. The van der Waals surface area contributed by atoms with Gasteiger partial charge in [0.05, 0.1) is 5.75 Å². The maximum absolute atomic E-state index is 12.1. The van der Waals surface area contributed by atoms with Gasteiger partial charge in [0, 0.05) is 23.3 Å². The summed E-state index contributed by atoms with van der Waals surface area (Å²) in [7, 11) is 0. The van der Waals surface area contributed by atoms with E-state index >= 15 is 0 Å². The normalized spacial score (nSPS) is 16.2. The predicted molar refractivity (Wildman–Crippen MR) is 85.4 cm³/mol. The lowest BCUT2D eigenvalue weighted by atomic mass is 10.2. The number of hydrogen-bond donors (Lipinski definition) is 0. The molecule has 0 radical (unpaired) electrons. The molecule has 1 aliphatic heterocycles. The SMILES string of the molecule is O=C(CSCc1ccccc1Br)N1CCCCCC1. The van der Waals surface area contributed by atoms with Crippen molar-refractivity contribution in [2.45, 2.75) is 31.4 Å². The first-order chi connectivity index (χ1) is 9.27. The highest BCUT2D eigenvalue weighted by Crippen LogP contribution is 2.21. The maximum Gasteiger partial charge on any atom is 0.232 e. The molecule has 2 rings (SSSR count). The Morgan fingerprint density at radius 2 is 1.84 bits per heavy atom. The van der Waals surface area contributed by atoms with Crippen molar-refractivity contribution < 1.29 is 4.79 Å². The zero-order valence-electron chi connectivity index (χ0n) is 11.1. The van der Waals surface area contributed by atoms with Crippen LogP contribution < -0.4 is 0 Å². The van der Waals surface area contributed by atoms with Crippen molar-refractivity contribution in [1.29, 1.82) is 0 Å². The van der Waals surface area contributed by atoms with Crippen LogP contribution in [0.3, 0.4) is 0 Å². The van der Waals surface area contributed by atoms with Gasteiger partial charge in [-0.05, 0) is 24.5 Å². The molecule has 1 heterocycles. The van der Waals surface area contributed by atoms with Crippen LogP contribution in [0, 0.1) is 0 Å². The molecular weight excluding hydrogens is 322 g/mol. The Balaban J connectivity index is 1.76. The number of rotatable bonds is 4. The van der Waals surface area contributed by atoms with E-state index in [0.717, 1.165) is 23.3 Å². The van der Waals surface area contributed by atoms with E-state index in [4.69, 9.17) is 0 Å². The highest BCUT2D eigenvalue weighted by molar-refractivity contribution is 9.10. The van der Waals surface area contributed by atoms with Gasteiger partial charge in [0.1, 0.15) is 0 Å². The zero-order valence-corrected chi connectivity index (χ0v) is 13.5. The van der Waals surface area contributed by atoms with Crippen LogP contribution in [0.15, 0.2) is 28.7 Å². The molecule has 1 saturated heterocycles. The number of thioether (sulfide) groups is 1. The molecule has 1 aliphatic rings. The van der Waals surface area contributed by atoms with E-state index < -0.39 is 0 Å². The van der Waals surface area contributed by atoms with Crippen molar-refractivity contribution in [2.24, 2.45) is 0 Å². The second-order valence-corrected chi connectivity index (χ2v) is 6.72.